The van der Waals surface area contributed by atoms with Crippen molar-refractivity contribution in [2.45, 2.75) is 25.3 Å². The molecule has 4 nitrogen and oxygen atoms in total. The van der Waals surface area contributed by atoms with Gasteiger partial charge in [-0.15, -0.1) is 0 Å². The summed E-state index contributed by atoms with van der Waals surface area (Å²) in [4.78, 5) is 6.81. The van der Waals surface area contributed by atoms with Crippen LogP contribution in [0.25, 0.3) is 0 Å². The van der Waals surface area contributed by atoms with E-state index >= 15 is 0 Å². The molecule has 88 valence electrons. The normalized spacial score (nSPS) is 14.9. The van der Waals surface area contributed by atoms with Gasteiger partial charge in [-0.3, -0.25) is 0 Å². The number of nitrogens with two attached hydrogens (primary N) is 1. The SMILES string of the molecule is COc1cccc(N(CCCN)C2CC2)n1. The van der Waals surface area contributed by atoms with E-state index in [0.29, 0.717) is 11.9 Å². The number of pyridine rings is 1. The Morgan fingerprint density at radius 1 is 1.50 bits per heavy atom. The van der Waals surface area contributed by atoms with Gasteiger partial charge in [-0.05, 0) is 31.9 Å². The molecule has 1 aromatic rings. The maximum absolute atomic E-state index is 5.56. The molecule has 0 aliphatic heterocycles. The highest BCUT2D eigenvalue weighted by Gasteiger charge is 2.29. The summed E-state index contributed by atoms with van der Waals surface area (Å²) < 4.78 is 5.15. The van der Waals surface area contributed by atoms with Gasteiger partial charge in [-0.25, -0.2) is 0 Å². The van der Waals surface area contributed by atoms with Crippen LogP contribution in [0.3, 0.4) is 0 Å². The molecule has 0 radical (unpaired) electrons. The Labute approximate surface area is 96.4 Å². The molecule has 16 heavy (non-hydrogen) atoms. The highest BCUT2D eigenvalue weighted by Crippen LogP contribution is 2.31. The standard InChI is InChI=1S/C12H19N3O/c1-16-12-5-2-4-11(14-12)15(9-3-8-13)10-6-7-10/h2,4-5,10H,3,6-9,13H2,1H3. The molecule has 1 aliphatic carbocycles. The summed E-state index contributed by atoms with van der Waals surface area (Å²) in [6.45, 7) is 1.72. The molecule has 0 amide bonds. The molecule has 0 aromatic carbocycles. The van der Waals surface area contributed by atoms with E-state index in [1.165, 1.54) is 12.8 Å². The Bertz CT molecular complexity index is 339. The zero-order chi connectivity index (χ0) is 11.4. The first kappa shape index (κ1) is 11.2. The lowest BCUT2D eigenvalue weighted by Crippen LogP contribution is -2.29. The summed E-state index contributed by atoms with van der Waals surface area (Å²) in [5.74, 6) is 1.69. The second kappa shape index (κ2) is 5.16. The molecule has 0 spiro atoms. The minimum absolute atomic E-state index is 0.658. The fraction of sp³-hybridized carbons (Fsp3) is 0.583. The van der Waals surface area contributed by atoms with Crippen LogP contribution in [0.15, 0.2) is 18.2 Å². The van der Waals surface area contributed by atoms with Crippen molar-refractivity contribution in [1.29, 1.82) is 0 Å². The molecule has 4 heteroatoms. The van der Waals surface area contributed by atoms with E-state index in [1.54, 1.807) is 7.11 Å². The van der Waals surface area contributed by atoms with Gasteiger partial charge in [0, 0.05) is 18.7 Å². The fourth-order valence-corrected chi connectivity index (χ4v) is 1.81. The van der Waals surface area contributed by atoms with Crippen LogP contribution in [0.2, 0.25) is 0 Å². The van der Waals surface area contributed by atoms with Gasteiger partial charge in [0.25, 0.3) is 0 Å². The highest BCUT2D eigenvalue weighted by atomic mass is 16.5. The molecule has 1 fully saturated rings. The van der Waals surface area contributed by atoms with Gasteiger partial charge in [-0.2, -0.15) is 4.98 Å². The Morgan fingerprint density at radius 2 is 2.31 bits per heavy atom. The molecule has 1 saturated carbocycles. The van der Waals surface area contributed by atoms with E-state index in [0.717, 1.165) is 25.3 Å². The molecule has 0 unspecified atom stereocenters. The lowest BCUT2D eigenvalue weighted by molar-refractivity contribution is 0.397. The number of nitrogens with zero attached hydrogens (tertiary/aromatic N) is 2. The van der Waals surface area contributed by atoms with Gasteiger partial charge in [0.2, 0.25) is 5.88 Å². The highest BCUT2D eigenvalue weighted by molar-refractivity contribution is 5.43. The Hall–Kier alpha value is -1.29. The van der Waals surface area contributed by atoms with Crippen LogP contribution >= 0.6 is 0 Å². The van der Waals surface area contributed by atoms with Crippen molar-refractivity contribution < 1.29 is 4.74 Å². The van der Waals surface area contributed by atoms with Gasteiger partial charge < -0.3 is 15.4 Å². The third-order valence-electron chi connectivity index (χ3n) is 2.80. The van der Waals surface area contributed by atoms with E-state index in [4.69, 9.17) is 10.5 Å². The number of aromatic nitrogens is 1. The van der Waals surface area contributed by atoms with Crippen molar-refractivity contribution in [3.05, 3.63) is 18.2 Å². The predicted octanol–water partition coefficient (Wildman–Crippen LogP) is 1.41. The monoisotopic (exact) mass is 221 g/mol. The smallest absolute Gasteiger partial charge is 0.214 e. The summed E-state index contributed by atoms with van der Waals surface area (Å²) in [6, 6.07) is 6.56. The first-order chi connectivity index (χ1) is 7.85. The number of hydrogen-bond donors (Lipinski definition) is 1. The minimum Gasteiger partial charge on any atom is -0.481 e. The summed E-state index contributed by atoms with van der Waals surface area (Å²) in [7, 11) is 1.65. The molecular weight excluding hydrogens is 202 g/mol. The number of anilines is 1. The summed E-state index contributed by atoms with van der Waals surface area (Å²) in [5, 5.41) is 0. The van der Waals surface area contributed by atoms with Gasteiger partial charge in [0.15, 0.2) is 0 Å². The van der Waals surface area contributed by atoms with Crippen LogP contribution in [0, 0.1) is 0 Å². The second-order valence-electron chi connectivity index (χ2n) is 4.10. The Morgan fingerprint density at radius 3 is 2.94 bits per heavy atom. The third kappa shape index (κ3) is 2.64. The van der Waals surface area contributed by atoms with E-state index in [-0.39, 0.29) is 0 Å². The number of ether oxygens (including phenoxy) is 1. The molecule has 0 bridgehead atoms. The first-order valence-corrected chi connectivity index (χ1v) is 5.83. The molecular formula is C12H19N3O. The summed E-state index contributed by atoms with van der Waals surface area (Å²) >= 11 is 0. The quantitative estimate of drug-likeness (QED) is 0.789. The number of hydrogen-bond acceptors (Lipinski definition) is 4. The van der Waals surface area contributed by atoms with Crippen molar-refractivity contribution in [3.63, 3.8) is 0 Å². The van der Waals surface area contributed by atoms with Crippen LogP contribution in [0.5, 0.6) is 5.88 Å². The van der Waals surface area contributed by atoms with E-state index < -0.39 is 0 Å². The molecule has 0 atom stereocenters. The van der Waals surface area contributed by atoms with Crippen molar-refractivity contribution >= 4 is 5.82 Å². The Balaban J connectivity index is 2.10. The van der Waals surface area contributed by atoms with Crippen LogP contribution in [0.4, 0.5) is 5.82 Å². The van der Waals surface area contributed by atoms with Gasteiger partial charge in [0.05, 0.1) is 7.11 Å². The van der Waals surface area contributed by atoms with Gasteiger partial charge in [-0.1, -0.05) is 6.07 Å². The van der Waals surface area contributed by atoms with E-state index in [1.807, 2.05) is 18.2 Å². The summed E-state index contributed by atoms with van der Waals surface area (Å²) in [5.41, 5.74) is 5.56. The average Bonchev–Trinajstić information content (AvgIpc) is 3.14. The van der Waals surface area contributed by atoms with Crippen LogP contribution in [0.1, 0.15) is 19.3 Å². The van der Waals surface area contributed by atoms with Crippen LogP contribution in [-0.2, 0) is 0 Å². The van der Waals surface area contributed by atoms with Gasteiger partial charge in [0.1, 0.15) is 5.82 Å². The van der Waals surface area contributed by atoms with Gasteiger partial charge >= 0.3 is 0 Å². The maximum atomic E-state index is 5.56. The molecule has 2 rings (SSSR count). The third-order valence-corrected chi connectivity index (χ3v) is 2.80. The first-order valence-electron chi connectivity index (χ1n) is 5.83. The molecule has 2 N–H and O–H groups in total. The lowest BCUT2D eigenvalue weighted by Gasteiger charge is -2.23. The maximum Gasteiger partial charge on any atom is 0.214 e. The molecule has 1 aromatic heterocycles. The van der Waals surface area contributed by atoms with Crippen LogP contribution < -0.4 is 15.4 Å². The van der Waals surface area contributed by atoms with E-state index in [2.05, 4.69) is 9.88 Å². The topological polar surface area (TPSA) is 51.4 Å². The zero-order valence-corrected chi connectivity index (χ0v) is 9.72. The van der Waals surface area contributed by atoms with Crippen molar-refractivity contribution in [1.82, 2.24) is 4.98 Å². The molecule has 0 saturated heterocycles. The number of rotatable bonds is 6. The van der Waals surface area contributed by atoms with Crippen molar-refractivity contribution in [3.8, 4) is 5.88 Å². The van der Waals surface area contributed by atoms with E-state index in [9.17, 15) is 0 Å². The Kier molecular flexibility index (Phi) is 3.62. The largest absolute Gasteiger partial charge is 0.481 e. The lowest BCUT2D eigenvalue weighted by atomic mass is 10.3. The zero-order valence-electron chi connectivity index (χ0n) is 9.72. The summed E-state index contributed by atoms with van der Waals surface area (Å²) in [6.07, 6.45) is 3.54. The van der Waals surface area contributed by atoms with Crippen molar-refractivity contribution in [2.24, 2.45) is 5.73 Å². The average molecular weight is 221 g/mol. The minimum atomic E-state index is 0.658. The molecule has 1 heterocycles. The second-order valence-corrected chi connectivity index (χ2v) is 4.10. The predicted molar refractivity (Wildman–Crippen MR) is 64.8 cm³/mol. The van der Waals surface area contributed by atoms with Crippen molar-refractivity contribution in [2.75, 3.05) is 25.1 Å². The molecule has 1 aliphatic rings. The van der Waals surface area contributed by atoms with Crippen LogP contribution in [-0.4, -0.2) is 31.2 Å². The number of methoxy groups -OCH3 is 1. The fourth-order valence-electron chi connectivity index (χ4n) is 1.81.